The molecule has 0 aliphatic heterocycles. The second-order valence-corrected chi connectivity index (χ2v) is 17.2. The number of aromatic nitrogens is 2. The van der Waals surface area contributed by atoms with Gasteiger partial charge >= 0.3 is 0 Å². The minimum Gasteiger partial charge on any atom is -0.292 e. The fourth-order valence-corrected chi connectivity index (χ4v) is 11.3. The quantitative estimate of drug-likeness (QED) is 0.138. The fourth-order valence-electron chi connectivity index (χ4n) is 7.56. The van der Waals surface area contributed by atoms with Gasteiger partial charge in [0, 0.05) is 16.8 Å². The lowest BCUT2D eigenvalue weighted by Gasteiger charge is -2.25. The maximum absolute atomic E-state index is 6.77. The second-order valence-electron chi connectivity index (χ2n) is 12.8. The van der Waals surface area contributed by atoms with Gasteiger partial charge in [-0.15, -0.1) is 0 Å². The van der Waals surface area contributed by atoms with Crippen molar-refractivity contribution in [1.82, 2.24) is 9.38 Å². The third-order valence-electron chi connectivity index (χ3n) is 9.99. The van der Waals surface area contributed by atoms with Crippen molar-refractivity contribution in [2.45, 2.75) is 0 Å². The van der Waals surface area contributed by atoms with Gasteiger partial charge in [0.15, 0.2) is 0 Å². The molecule has 0 N–H and O–H groups in total. The van der Waals surface area contributed by atoms with E-state index in [0.717, 1.165) is 22.1 Å². The molecular weight excluding hydrogens is 632 g/mol. The van der Waals surface area contributed by atoms with Gasteiger partial charge in [-0.3, -0.25) is 4.40 Å². The number of fused-ring (bicyclic) bond motifs is 10. The molecule has 0 saturated carbocycles. The van der Waals surface area contributed by atoms with Crippen molar-refractivity contribution in [2.75, 3.05) is 0 Å². The van der Waals surface area contributed by atoms with Crippen molar-refractivity contribution in [1.29, 1.82) is 0 Å². The van der Waals surface area contributed by atoms with Gasteiger partial charge in [-0.1, -0.05) is 145 Å². The summed E-state index contributed by atoms with van der Waals surface area (Å²) in [5, 5.41) is 12.1. The van der Waals surface area contributed by atoms with Crippen molar-refractivity contribution in [3.63, 3.8) is 0 Å². The molecular formula is C45H29N2PS. The molecule has 1 unspecified atom stereocenters. The Morgan fingerprint density at radius 2 is 1.00 bits per heavy atom. The number of para-hydroxylation sites is 3. The molecule has 0 bridgehead atoms. The molecule has 2 heterocycles. The first kappa shape index (κ1) is 28.4. The van der Waals surface area contributed by atoms with Crippen LogP contribution in [0.1, 0.15) is 0 Å². The summed E-state index contributed by atoms with van der Waals surface area (Å²) < 4.78 is 2.31. The van der Waals surface area contributed by atoms with E-state index in [1.165, 1.54) is 64.9 Å². The van der Waals surface area contributed by atoms with Gasteiger partial charge in [-0.25, -0.2) is 4.98 Å². The number of imidazole rings is 1. The second kappa shape index (κ2) is 11.0. The van der Waals surface area contributed by atoms with Gasteiger partial charge in [0.25, 0.3) is 0 Å². The van der Waals surface area contributed by atoms with E-state index in [9.17, 15) is 0 Å². The Morgan fingerprint density at radius 1 is 0.408 bits per heavy atom. The van der Waals surface area contributed by atoms with Crippen molar-refractivity contribution in [2.24, 2.45) is 0 Å². The van der Waals surface area contributed by atoms with E-state index < -0.39 is 6.04 Å². The third kappa shape index (κ3) is 4.40. The lowest BCUT2D eigenvalue weighted by Crippen LogP contribution is -2.24. The first-order valence-corrected chi connectivity index (χ1v) is 19.4. The Morgan fingerprint density at radius 3 is 1.84 bits per heavy atom. The van der Waals surface area contributed by atoms with Crippen LogP contribution in [0.15, 0.2) is 176 Å². The summed E-state index contributed by atoms with van der Waals surface area (Å²) in [4.78, 5) is 5.13. The van der Waals surface area contributed by atoms with Gasteiger partial charge in [0.05, 0.1) is 16.6 Å². The Balaban J connectivity index is 1.12. The summed E-state index contributed by atoms with van der Waals surface area (Å²) >= 11 is 6.77. The molecule has 2 aromatic heterocycles. The Labute approximate surface area is 288 Å². The van der Waals surface area contributed by atoms with Crippen LogP contribution in [0.25, 0.3) is 71.0 Å². The third-order valence-corrected chi connectivity index (χ3v) is 14.9. The maximum atomic E-state index is 6.77. The van der Waals surface area contributed by atoms with Crippen molar-refractivity contribution < 1.29 is 0 Å². The minimum atomic E-state index is -2.31. The van der Waals surface area contributed by atoms with Crippen LogP contribution in [0.2, 0.25) is 0 Å². The van der Waals surface area contributed by atoms with E-state index in [-0.39, 0.29) is 0 Å². The van der Waals surface area contributed by atoms with Crippen LogP contribution in [-0.4, -0.2) is 9.38 Å². The molecule has 0 aliphatic rings. The highest BCUT2D eigenvalue weighted by Gasteiger charge is 2.25. The Kier molecular flexibility index (Phi) is 6.36. The van der Waals surface area contributed by atoms with Crippen LogP contribution < -0.4 is 15.9 Å². The topological polar surface area (TPSA) is 17.3 Å². The van der Waals surface area contributed by atoms with E-state index in [2.05, 4.69) is 180 Å². The number of pyridine rings is 1. The molecule has 0 aliphatic carbocycles. The zero-order valence-electron chi connectivity index (χ0n) is 26.5. The van der Waals surface area contributed by atoms with Crippen LogP contribution in [0.4, 0.5) is 0 Å². The smallest absolute Gasteiger partial charge is 0.146 e. The van der Waals surface area contributed by atoms with Crippen molar-refractivity contribution >= 4 is 93.7 Å². The average molecular weight is 661 g/mol. The first-order chi connectivity index (χ1) is 24.1. The number of hydrogen-bond donors (Lipinski definition) is 0. The molecule has 1 atom stereocenters. The van der Waals surface area contributed by atoms with E-state index in [1.54, 1.807) is 0 Å². The summed E-state index contributed by atoms with van der Waals surface area (Å²) in [6.07, 6.45) is 0. The van der Waals surface area contributed by atoms with Gasteiger partial charge in [0.2, 0.25) is 0 Å². The van der Waals surface area contributed by atoms with E-state index in [1.807, 2.05) is 0 Å². The van der Waals surface area contributed by atoms with Crippen molar-refractivity contribution in [3.05, 3.63) is 176 Å². The highest BCUT2D eigenvalue weighted by Crippen LogP contribution is 2.44. The number of nitrogens with zero attached hydrogens (tertiary/aromatic N) is 2. The van der Waals surface area contributed by atoms with E-state index >= 15 is 0 Å². The fraction of sp³-hybridized carbons (Fsp3) is 0. The largest absolute Gasteiger partial charge is 0.292 e. The Hall–Kier alpha value is -5.60. The van der Waals surface area contributed by atoms with E-state index in [4.69, 9.17) is 16.8 Å². The minimum absolute atomic E-state index is 0.988. The molecule has 230 valence electrons. The highest BCUT2D eigenvalue weighted by atomic mass is 32.4. The van der Waals surface area contributed by atoms with Gasteiger partial charge in [0.1, 0.15) is 5.65 Å². The van der Waals surface area contributed by atoms with Crippen LogP contribution in [0.3, 0.4) is 0 Å². The SMILES string of the molecule is S=P(c1ccccc1)(c1ccc2ccccc2c1)c1ccc2cc(-c3ccc4c5ccccc5n5c6ccccc6nc5c4c3)ccc2c1. The lowest BCUT2D eigenvalue weighted by molar-refractivity contribution is 1.31. The molecule has 10 aromatic rings. The number of rotatable bonds is 4. The number of benzene rings is 8. The molecule has 0 radical (unpaired) electrons. The first-order valence-electron chi connectivity index (χ1n) is 16.6. The summed E-state index contributed by atoms with van der Waals surface area (Å²) in [6, 6.07) is 61.2. The van der Waals surface area contributed by atoms with Crippen LogP contribution in [0, 0.1) is 0 Å². The maximum Gasteiger partial charge on any atom is 0.146 e. The molecule has 8 aromatic carbocycles. The monoisotopic (exact) mass is 660 g/mol. The normalized spacial score (nSPS) is 13.1. The zero-order chi connectivity index (χ0) is 32.5. The predicted molar refractivity (Wildman–Crippen MR) is 214 cm³/mol. The number of hydrogen-bond acceptors (Lipinski definition) is 2. The average Bonchev–Trinajstić information content (AvgIpc) is 3.57. The summed E-state index contributed by atoms with van der Waals surface area (Å²) in [5.41, 5.74) is 6.65. The van der Waals surface area contributed by atoms with Crippen molar-refractivity contribution in [3.8, 4) is 11.1 Å². The van der Waals surface area contributed by atoms with Crippen LogP contribution >= 0.6 is 6.04 Å². The van der Waals surface area contributed by atoms with Gasteiger partial charge in [-0.05, 0) is 96.4 Å². The molecule has 0 amide bonds. The van der Waals surface area contributed by atoms with Crippen LogP contribution in [-0.2, 0) is 11.8 Å². The molecule has 2 nitrogen and oxygen atoms in total. The molecule has 10 rings (SSSR count). The van der Waals surface area contributed by atoms with E-state index in [0.29, 0.717) is 0 Å². The zero-order valence-corrected chi connectivity index (χ0v) is 28.2. The summed E-state index contributed by atoms with van der Waals surface area (Å²) in [5.74, 6) is 0. The highest BCUT2D eigenvalue weighted by molar-refractivity contribution is 8.25. The molecule has 4 heteroatoms. The molecule has 0 spiro atoms. The van der Waals surface area contributed by atoms with Gasteiger partial charge < -0.3 is 0 Å². The molecule has 0 saturated heterocycles. The predicted octanol–water partition coefficient (Wildman–Crippen LogP) is 10.5. The summed E-state index contributed by atoms with van der Waals surface area (Å²) in [7, 11) is 0. The standard InChI is InChI=1S/C45H29N2PS/c49-48(36-12-2-1-3-13-36,37-23-20-30-10-4-5-11-31(30)27-37)38-24-21-33-26-32(18-19-34(33)28-38)35-22-25-39-40-14-6-8-16-43(40)47-44-17-9-7-15-42(44)46-45(47)41(39)29-35/h1-29H. The lowest BCUT2D eigenvalue weighted by atomic mass is 9.97. The Bertz CT molecular complexity index is 2980. The summed E-state index contributed by atoms with van der Waals surface area (Å²) in [6.45, 7) is 0. The molecule has 0 fully saturated rings. The molecule has 49 heavy (non-hydrogen) atoms. The van der Waals surface area contributed by atoms with Gasteiger partial charge in [-0.2, -0.15) is 0 Å². The van der Waals surface area contributed by atoms with Crippen LogP contribution in [0.5, 0.6) is 0 Å².